The van der Waals surface area contributed by atoms with Crippen molar-refractivity contribution in [1.29, 1.82) is 0 Å². The van der Waals surface area contributed by atoms with E-state index in [4.69, 9.17) is 15.2 Å². The zero-order valence-electron chi connectivity index (χ0n) is 23.7. The summed E-state index contributed by atoms with van der Waals surface area (Å²) in [6.07, 6.45) is -0.521. The highest BCUT2D eigenvalue weighted by molar-refractivity contribution is 6.01. The minimum atomic E-state index is -1.24. The van der Waals surface area contributed by atoms with Gasteiger partial charge < -0.3 is 20.5 Å². The summed E-state index contributed by atoms with van der Waals surface area (Å²) in [5.41, 5.74) is 6.87. The number of rotatable bonds is 11. The van der Waals surface area contributed by atoms with E-state index >= 15 is 0 Å². The van der Waals surface area contributed by atoms with Gasteiger partial charge in [-0.3, -0.25) is 9.59 Å². The van der Waals surface area contributed by atoms with Gasteiger partial charge in [-0.05, 0) is 50.7 Å². The first kappa shape index (κ1) is 31.5. The number of nitrogens with zero attached hydrogens (tertiary/aromatic N) is 1. The number of nitrogens with two attached hydrogens (primary N) is 1. The van der Waals surface area contributed by atoms with E-state index in [2.05, 4.69) is 5.32 Å². The molecule has 9 nitrogen and oxygen atoms in total. The number of esters is 1. The lowest BCUT2D eigenvalue weighted by Gasteiger charge is -2.34. The molecule has 2 aromatic carbocycles. The van der Waals surface area contributed by atoms with Crippen LogP contribution in [-0.2, 0) is 36.7 Å². The van der Waals surface area contributed by atoms with Crippen molar-refractivity contribution in [3.05, 3.63) is 71.8 Å². The summed E-state index contributed by atoms with van der Waals surface area (Å²) in [4.78, 5) is 54.3. The van der Waals surface area contributed by atoms with Gasteiger partial charge in [-0.1, -0.05) is 74.5 Å². The smallest absolute Gasteiger partial charge is 0.417 e. The van der Waals surface area contributed by atoms with Crippen LogP contribution in [0.3, 0.4) is 0 Å². The Hall–Kier alpha value is -3.72. The third-order valence-corrected chi connectivity index (χ3v) is 5.84. The Kier molecular flexibility index (Phi) is 11.7. The maximum Gasteiger partial charge on any atom is 0.417 e. The van der Waals surface area contributed by atoms with Gasteiger partial charge in [0.05, 0.1) is 13.2 Å². The van der Waals surface area contributed by atoms with Crippen LogP contribution in [0.2, 0.25) is 0 Å². The quantitative estimate of drug-likeness (QED) is 0.417. The Morgan fingerprint density at radius 1 is 0.897 bits per heavy atom. The molecule has 0 unspecified atom stereocenters. The number of carbonyl (C=O) groups is 4. The van der Waals surface area contributed by atoms with Gasteiger partial charge in [0.25, 0.3) is 5.91 Å². The fraction of sp³-hybridized carbons (Fsp3) is 0.467. The van der Waals surface area contributed by atoms with Gasteiger partial charge in [-0.2, -0.15) is 0 Å². The fourth-order valence-corrected chi connectivity index (χ4v) is 4.03. The van der Waals surface area contributed by atoms with Crippen molar-refractivity contribution in [3.8, 4) is 0 Å². The maximum atomic E-state index is 14.1. The zero-order chi connectivity index (χ0) is 29.2. The molecule has 9 heteroatoms. The van der Waals surface area contributed by atoms with Crippen LogP contribution in [0, 0.1) is 5.92 Å². The molecular weight excluding hydrogens is 498 g/mol. The SMILES string of the molecule is COC(=O)[C@H](CC(C)C)N(C(=O)OC(C)(C)C)C(=O)[C@H](Cc1ccccc1)NC(=O)[C@@H](N)Cc1ccccc1. The largest absolute Gasteiger partial charge is 0.467 e. The van der Waals surface area contributed by atoms with Crippen molar-refractivity contribution in [1.82, 2.24) is 10.2 Å². The molecule has 2 aromatic rings. The van der Waals surface area contributed by atoms with E-state index in [1.807, 2.05) is 62.4 Å². The molecule has 0 spiro atoms. The second-order valence-electron chi connectivity index (χ2n) is 10.9. The Labute approximate surface area is 231 Å². The molecule has 0 fully saturated rings. The molecule has 39 heavy (non-hydrogen) atoms. The Bertz CT molecular complexity index is 1100. The van der Waals surface area contributed by atoms with Crippen molar-refractivity contribution >= 4 is 23.9 Å². The molecule has 0 heterocycles. The fourth-order valence-electron chi connectivity index (χ4n) is 4.03. The summed E-state index contributed by atoms with van der Waals surface area (Å²) >= 11 is 0. The summed E-state index contributed by atoms with van der Waals surface area (Å²) in [5, 5.41) is 2.73. The van der Waals surface area contributed by atoms with Crippen LogP contribution < -0.4 is 11.1 Å². The van der Waals surface area contributed by atoms with Crippen LogP contribution >= 0.6 is 0 Å². The Morgan fingerprint density at radius 2 is 1.41 bits per heavy atom. The molecule has 3 atom stereocenters. The number of nitrogens with one attached hydrogen (secondary N) is 1. The highest BCUT2D eigenvalue weighted by Gasteiger charge is 2.42. The average molecular weight is 540 g/mol. The number of ether oxygens (including phenoxy) is 2. The highest BCUT2D eigenvalue weighted by atomic mass is 16.6. The summed E-state index contributed by atoms with van der Waals surface area (Å²) in [5.74, 6) is -2.16. The van der Waals surface area contributed by atoms with E-state index in [0.29, 0.717) is 0 Å². The molecule has 0 aliphatic carbocycles. The molecule has 212 valence electrons. The first-order chi connectivity index (χ1) is 18.3. The van der Waals surface area contributed by atoms with Gasteiger partial charge in [0.1, 0.15) is 17.7 Å². The van der Waals surface area contributed by atoms with Crippen molar-refractivity contribution in [3.63, 3.8) is 0 Å². The summed E-state index contributed by atoms with van der Waals surface area (Å²) in [6.45, 7) is 8.71. The first-order valence-corrected chi connectivity index (χ1v) is 13.1. The van der Waals surface area contributed by atoms with Gasteiger partial charge in [-0.15, -0.1) is 0 Å². The number of methoxy groups -OCH3 is 1. The second kappa shape index (κ2) is 14.4. The lowest BCUT2D eigenvalue weighted by molar-refractivity contribution is -0.154. The Morgan fingerprint density at radius 3 is 1.87 bits per heavy atom. The number of amides is 3. The van der Waals surface area contributed by atoms with Crippen LogP contribution in [0.15, 0.2) is 60.7 Å². The van der Waals surface area contributed by atoms with Crippen molar-refractivity contribution < 1.29 is 28.7 Å². The predicted octanol–water partition coefficient (Wildman–Crippen LogP) is 3.64. The first-order valence-electron chi connectivity index (χ1n) is 13.1. The minimum Gasteiger partial charge on any atom is -0.467 e. The van der Waals surface area contributed by atoms with E-state index < -0.39 is 47.6 Å². The molecule has 0 aromatic heterocycles. The van der Waals surface area contributed by atoms with Crippen LogP contribution in [0.1, 0.15) is 52.2 Å². The van der Waals surface area contributed by atoms with Gasteiger partial charge in [0.2, 0.25) is 5.91 Å². The minimum absolute atomic E-state index is 0.0618. The molecular formula is C30H41N3O6. The molecule has 0 radical (unpaired) electrons. The summed E-state index contributed by atoms with van der Waals surface area (Å²) in [7, 11) is 1.19. The van der Waals surface area contributed by atoms with E-state index in [1.54, 1.807) is 32.9 Å². The lowest BCUT2D eigenvalue weighted by Crippen LogP contribution is -2.59. The number of imide groups is 1. The normalized spacial score (nSPS) is 13.6. The maximum absolute atomic E-state index is 14.1. The van der Waals surface area contributed by atoms with Gasteiger partial charge >= 0.3 is 12.1 Å². The number of benzene rings is 2. The van der Waals surface area contributed by atoms with Gasteiger partial charge in [0, 0.05) is 6.42 Å². The van der Waals surface area contributed by atoms with Crippen molar-refractivity contribution in [2.45, 2.75) is 77.6 Å². The van der Waals surface area contributed by atoms with E-state index in [1.165, 1.54) is 7.11 Å². The van der Waals surface area contributed by atoms with E-state index in [9.17, 15) is 19.2 Å². The molecule has 0 aliphatic heterocycles. The Balaban J connectivity index is 2.46. The van der Waals surface area contributed by atoms with Gasteiger partial charge in [-0.25, -0.2) is 14.5 Å². The van der Waals surface area contributed by atoms with Crippen molar-refractivity contribution in [2.24, 2.45) is 11.7 Å². The van der Waals surface area contributed by atoms with Gasteiger partial charge in [0.15, 0.2) is 0 Å². The third kappa shape index (κ3) is 10.2. The van der Waals surface area contributed by atoms with Crippen molar-refractivity contribution in [2.75, 3.05) is 7.11 Å². The molecule has 0 bridgehead atoms. The molecule has 0 saturated heterocycles. The molecule has 2 rings (SSSR count). The van der Waals surface area contributed by atoms with E-state index in [-0.39, 0.29) is 25.2 Å². The van der Waals surface area contributed by atoms with E-state index in [0.717, 1.165) is 16.0 Å². The summed E-state index contributed by atoms with van der Waals surface area (Å²) < 4.78 is 10.5. The molecule has 0 saturated carbocycles. The topological polar surface area (TPSA) is 128 Å². The van der Waals surface area contributed by atoms with Crippen LogP contribution in [0.5, 0.6) is 0 Å². The predicted molar refractivity (Wildman–Crippen MR) is 149 cm³/mol. The highest BCUT2D eigenvalue weighted by Crippen LogP contribution is 2.20. The standard InChI is InChI=1S/C30H41N3O6/c1-20(2)17-25(28(36)38-6)33(29(37)39-30(3,4)5)27(35)24(19-22-15-11-8-12-16-22)32-26(34)23(31)18-21-13-9-7-10-14-21/h7-16,20,23-25H,17-19,31H2,1-6H3,(H,32,34)/t23-,24-,25-/m0/s1. The molecule has 3 amide bonds. The molecule has 3 N–H and O–H groups in total. The lowest BCUT2D eigenvalue weighted by atomic mass is 9.99. The number of hydrogen-bond acceptors (Lipinski definition) is 7. The van der Waals surface area contributed by atoms with Crippen LogP contribution in [-0.4, -0.2) is 59.6 Å². The van der Waals surface area contributed by atoms with Crippen LogP contribution in [0.4, 0.5) is 4.79 Å². The number of carbonyl (C=O) groups excluding carboxylic acids is 4. The monoisotopic (exact) mass is 539 g/mol. The third-order valence-electron chi connectivity index (χ3n) is 5.84. The average Bonchev–Trinajstić information content (AvgIpc) is 2.87. The molecule has 0 aliphatic rings. The second-order valence-corrected chi connectivity index (χ2v) is 10.9. The summed E-state index contributed by atoms with van der Waals surface area (Å²) in [6, 6.07) is 14.9. The van der Waals surface area contributed by atoms with Crippen LogP contribution in [0.25, 0.3) is 0 Å². The number of hydrogen-bond donors (Lipinski definition) is 2. The zero-order valence-corrected chi connectivity index (χ0v) is 23.7.